The van der Waals surface area contributed by atoms with Crippen LogP contribution in [0.15, 0.2) is 64.9 Å². The van der Waals surface area contributed by atoms with E-state index in [1.165, 1.54) is 17.4 Å². The van der Waals surface area contributed by atoms with Crippen LogP contribution in [0.4, 0.5) is 5.13 Å². The van der Waals surface area contributed by atoms with Crippen LogP contribution < -0.4 is 10.1 Å². The fraction of sp³-hybridized carbons (Fsp3) is 0.280. The molecule has 8 heteroatoms. The van der Waals surface area contributed by atoms with E-state index in [4.69, 9.17) is 4.74 Å². The van der Waals surface area contributed by atoms with Crippen molar-refractivity contribution in [2.24, 2.45) is 0 Å². The lowest BCUT2D eigenvalue weighted by molar-refractivity contribution is -0.111. The van der Waals surface area contributed by atoms with Crippen molar-refractivity contribution in [1.29, 1.82) is 0 Å². The van der Waals surface area contributed by atoms with Crippen molar-refractivity contribution >= 4 is 38.3 Å². The Hall–Kier alpha value is -2.97. The third-order valence-electron chi connectivity index (χ3n) is 5.75. The molecule has 3 aromatic rings. The van der Waals surface area contributed by atoms with Gasteiger partial charge in [0.15, 0.2) is 15.0 Å². The number of carbonyl (C=O) groups excluding carboxylic acids is 1. The van der Waals surface area contributed by atoms with E-state index < -0.39 is 9.84 Å². The second kappa shape index (κ2) is 10.3. The van der Waals surface area contributed by atoms with Crippen LogP contribution in [0.25, 0.3) is 17.3 Å². The van der Waals surface area contributed by atoms with Crippen molar-refractivity contribution in [3.8, 4) is 17.0 Å². The van der Waals surface area contributed by atoms with Crippen molar-refractivity contribution < 1.29 is 17.9 Å². The minimum absolute atomic E-state index is 0.278. The van der Waals surface area contributed by atoms with E-state index in [1.807, 2.05) is 29.6 Å². The molecule has 1 aliphatic carbocycles. The van der Waals surface area contributed by atoms with E-state index in [1.54, 1.807) is 37.5 Å². The van der Waals surface area contributed by atoms with Crippen molar-refractivity contribution in [2.45, 2.75) is 42.2 Å². The first kappa shape index (κ1) is 23.2. The largest absolute Gasteiger partial charge is 0.497 e. The molecule has 0 bridgehead atoms. The Kier molecular flexibility index (Phi) is 7.25. The molecule has 1 N–H and O–H groups in total. The number of anilines is 1. The number of nitrogens with zero attached hydrogens (tertiary/aromatic N) is 1. The second-order valence-electron chi connectivity index (χ2n) is 7.96. The topological polar surface area (TPSA) is 85.4 Å². The summed E-state index contributed by atoms with van der Waals surface area (Å²) in [7, 11) is -1.67. The summed E-state index contributed by atoms with van der Waals surface area (Å²) in [4.78, 5) is 17.1. The maximum atomic E-state index is 12.8. The summed E-state index contributed by atoms with van der Waals surface area (Å²) in [6.07, 6.45) is 7.61. The van der Waals surface area contributed by atoms with Crippen LogP contribution in [-0.2, 0) is 14.6 Å². The van der Waals surface area contributed by atoms with Crippen molar-refractivity contribution in [2.75, 3.05) is 12.4 Å². The number of nitrogens with one attached hydrogen (secondary N) is 1. The third kappa shape index (κ3) is 5.69. The Morgan fingerprint density at radius 1 is 1.06 bits per heavy atom. The fourth-order valence-electron chi connectivity index (χ4n) is 3.88. The number of carbonyl (C=O) groups is 1. The van der Waals surface area contributed by atoms with E-state index in [9.17, 15) is 13.2 Å². The predicted molar refractivity (Wildman–Crippen MR) is 132 cm³/mol. The van der Waals surface area contributed by atoms with Gasteiger partial charge >= 0.3 is 0 Å². The first-order valence-electron chi connectivity index (χ1n) is 10.9. The fourth-order valence-corrected chi connectivity index (χ4v) is 6.46. The Morgan fingerprint density at radius 3 is 2.42 bits per heavy atom. The minimum Gasteiger partial charge on any atom is -0.497 e. The van der Waals surface area contributed by atoms with Gasteiger partial charge in [0.2, 0.25) is 5.91 Å². The molecule has 1 fully saturated rings. The molecule has 1 aliphatic rings. The molecule has 33 heavy (non-hydrogen) atoms. The van der Waals surface area contributed by atoms with Crippen LogP contribution in [0.5, 0.6) is 5.75 Å². The zero-order valence-corrected chi connectivity index (χ0v) is 20.0. The summed E-state index contributed by atoms with van der Waals surface area (Å²) in [6.45, 7) is 0. The number of benzene rings is 2. The number of aromatic nitrogens is 1. The molecule has 1 amide bonds. The van der Waals surface area contributed by atoms with Gasteiger partial charge in [-0.25, -0.2) is 13.4 Å². The molecular formula is C25H26N2O4S2. The van der Waals surface area contributed by atoms with Gasteiger partial charge in [-0.3, -0.25) is 10.1 Å². The smallest absolute Gasteiger partial charge is 0.250 e. The van der Waals surface area contributed by atoms with Gasteiger partial charge in [0.1, 0.15) is 5.75 Å². The number of amides is 1. The average Bonchev–Trinajstić information content (AvgIpc) is 3.32. The minimum atomic E-state index is -3.29. The lowest BCUT2D eigenvalue weighted by atomic mass is 10.0. The Balaban J connectivity index is 1.36. The van der Waals surface area contributed by atoms with Gasteiger partial charge < -0.3 is 4.74 Å². The lowest BCUT2D eigenvalue weighted by Crippen LogP contribution is -2.24. The molecule has 1 heterocycles. The highest BCUT2D eigenvalue weighted by Gasteiger charge is 2.28. The van der Waals surface area contributed by atoms with Gasteiger partial charge in [-0.05, 0) is 60.9 Å². The molecule has 4 rings (SSSR count). The molecule has 172 valence electrons. The summed E-state index contributed by atoms with van der Waals surface area (Å²) in [5.74, 6) is 0.469. The molecule has 0 spiro atoms. The molecule has 0 unspecified atom stereocenters. The monoisotopic (exact) mass is 482 g/mol. The molecule has 1 aromatic heterocycles. The SMILES string of the molecule is COc1ccc(-c2csc(NC(=O)/C=C/c3ccc(S(=O)(=O)C4CCCCC4)cc3)n2)cc1. The van der Waals surface area contributed by atoms with E-state index >= 15 is 0 Å². The maximum absolute atomic E-state index is 12.8. The Labute approximate surface area is 198 Å². The number of methoxy groups -OCH3 is 1. The van der Waals surface area contributed by atoms with E-state index in [-0.39, 0.29) is 11.2 Å². The highest BCUT2D eigenvalue weighted by Crippen LogP contribution is 2.29. The molecule has 6 nitrogen and oxygen atoms in total. The van der Waals surface area contributed by atoms with Gasteiger partial charge in [0.05, 0.1) is 22.9 Å². The highest BCUT2D eigenvalue weighted by atomic mass is 32.2. The molecule has 2 aromatic carbocycles. The first-order valence-corrected chi connectivity index (χ1v) is 13.3. The molecule has 0 radical (unpaired) electrons. The van der Waals surface area contributed by atoms with Crippen LogP contribution in [-0.4, -0.2) is 31.7 Å². The van der Waals surface area contributed by atoms with Gasteiger partial charge in [0.25, 0.3) is 0 Å². The zero-order valence-electron chi connectivity index (χ0n) is 18.4. The number of hydrogen-bond donors (Lipinski definition) is 1. The third-order valence-corrected chi connectivity index (χ3v) is 8.78. The molecule has 0 saturated heterocycles. The molecule has 0 atom stereocenters. The number of thiazole rings is 1. The standard InChI is InChI=1S/C25H26N2O4S2/c1-31-20-12-10-19(11-13-20)23-17-32-25(26-23)27-24(28)16-9-18-7-14-22(15-8-18)33(29,30)21-5-3-2-4-6-21/h7-17,21H,2-6H2,1H3,(H,26,27,28)/b16-9+. The van der Waals surface area contributed by atoms with Crippen LogP contribution >= 0.6 is 11.3 Å². The normalized spacial score (nSPS) is 14.9. The number of ether oxygens (including phenoxy) is 1. The second-order valence-corrected chi connectivity index (χ2v) is 11.0. The van der Waals surface area contributed by atoms with Crippen LogP contribution in [0.2, 0.25) is 0 Å². The van der Waals surface area contributed by atoms with Gasteiger partial charge in [-0.1, -0.05) is 31.4 Å². The van der Waals surface area contributed by atoms with E-state index in [2.05, 4.69) is 10.3 Å². The number of hydrogen-bond acceptors (Lipinski definition) is 6. The van der Waals surface area contributed by atoms with Crippen LogP contribution in [0.3, 0.4) is 0 Å². The summed E-state index contributed by atoms with van der Waals surface area (Å²) >= 11 is 1.35. The zero-order chi connectivity index (χ0) is 23.3. The summed E-state index contributed by atoms with van der Waals surface area (Å²) < 4.78 is 30.8. The number of sulfone groups is 1. The Bertz CT molecular complexity index is 1220. The van der Waals surface area contributed by atoms with Crippen molar-refractivity contribution in [1.82, 2.24) is 4.98 Å². The number of rotatable bonds is 7. The van der Waals surface area contributed by atoms with Gasteiger partial charge in [-0.15, -0.1) is 11.3 Å². The van der Waals surface area contributed by atoms with Gasteiger partial charge in [0, 0.05) is 17.0 Å². The predicted octanol–water partition coefficient (Wildman–Crippen LogP) is 5.58. The quantitative estimate of drug-likeness (QED) is 0.445. The summed E-state index contributed by atoms with van der Waals surface area (Å²) in [5.41, 5.74) is 2.47. The average molecular weight is 483 g/mol. The molecule has 1 saturated carbocycles. The van der Waals surface area contributed by atoms with Gasteiger partial charge in [-0.2, -0.15) is 0 Å². The molecular weight excluding hydrogens is 456 g/mol. The summed E-state index contributed by atoms with van der Waals surface area (Å²) in [6, 6.07) is 14.3. The van der Waals surface area contributed by atoms with E-state index in [0.717, 1.165) is 54.7 Å². The lowest BCUT2D eigenvalue weighted by Gasteiger charge is -2.21. The summed E-state index contributed by atoms with van der Waals surface area (Å²) in [5, 5.41) is 4.87. The Morgan fingerprint density at radius 2 is 1.76 bits per heavy atom. The molecule has 0 aliphatic heterocycles. The van der Waals surface area contributed by atoms with Crippen molar-refractivity contribution in [3.63, 3.8) is 0 Å². The van der Waals surface area contributed by atoms with Crippen molar-refractivity contribution in [3.05, 3.63) is 65.6 Å². The maximum Gasteiger partial charge on any atom is 0.250 e. The van der Waals surface area contributed by atoms with Crippen LogP contribution in [0.1, 0.15) is 37.7 Å². The van der Waals surface area contributed by atoms with E-state index in [0.29, 0.717) is 10.0 Å². The highest BCUT2D eigenvalue weighted by molar-refractivity contribution is 7.92. The first-order chi connectivity index (χ1) is 16.0. The van der Waals surface area contributed by atoms with Crippen LogP contribution in [0, 0.1) is 0 Å².